The van der Waals surface area contributed by atoms with E-state index in [-0.39, 0.29) is 18.0 Å². The van der Waals surface area contributed by atoms with Crippen LogP contribution in [0.5, 0.6) is 5.75 Å². The second-order valence-electron chi connectivity index (χ2n) is 6.43. The SMILES string of the molecule is O=C1CC(C(=O)CCN2Cc3ccccc3C2)Oc2ccccc21. The first kappa shape index (κ1) is 15.1. The highest BCUT2D eigenvalue weighted by molar-refractivity contribution is 6.03. The minimum atomic E-state index is -0.641. The molecule has 122 valence electrons. The molecule has 2 aromatic rings. The van der Waals surface area contributed by atoms with Crippen molar-refractivity contribution in [3.8, 4) is 5.75 Å². The Morgan fingerprint density at radius 1 is 1.04 bits per heavy atom. The maximum absolute atomic E-state index is 12.5. The van der Waals surface area contributed by atoms with Gasteiger partial charge in [-0.15, -0.1) is 0 Å². The molecule has 4 rings (SSSR count). The first-order valence-corrected chi connectivity index (χ1v) is 8.31. The van der Waals surface area contributed by atoms with Crippen LogP contribution in [0.4, 0.5) is 0 Å². The van der Waals surface area contributed by atoms with Gasteiger partial charge in [0, 0.05) is 26.1 Å². The number of carbonyl (C=O) groups is 2. The predicted molar refractivity (Wildman–Crippen MR) is 90.0 cm³/mol. The van der Waals surface area contributed by atoms with Gasteiger partial charge in [0.2, 0.25) is 0 Å². The van der Waals surface area contributed by atoms with E-state index in [0.29, 0.717) is 24.3 Å². The smallest absolute Gasteiger partial charge is 0.175 e. The van der Waals surface area contributed by atoms with Gasteiger partial charge in [-0.25, -0.2) is 0 Å². The summed E-state index contributed by atoms with van der Waals surface area (Å²) in [4.78, 5) is 26.9. The number of rotatable bonds is 4. The lowest BCUT2D eigenvalue weighted by Crippen LogP contribution is -2.35. The number of ether oxygens (including phenoxy) is 1. The number of para-hydroxylation sites is 1. The molecule has 0 aromatic heterocycles. The standard InChI is InChI=1S/C20H19NO3/c22-17(9-10-21-12-14-5-1-2-6-15(14)13-21)20-11-18(23)16-7-3-4-8-19(16)24-20/h1-8,20H,9-13H2. The van der Waals surface area contributed by atoms with Crippen LogP contribution >= 0.6 is 0 Å². The molecule has 1 unspecified atom stereocenters. The van der Waals surface area contributed by atoms with Gasteiger partial charge in [0.25, 0.3) is 0 Å². The first-order valence-electron chi connectivity index (χ1n) is 8.31. The van der Waals surface area contributed by atoms with Gasteiger partial charge in [-0.1, -0.05) is 36.4 Å². The monoisotopic (exact) mass is 321 g/mol. The van der Waals surface area contributed by atoms with E-state index in [4.69, 9.17) is 4.74 Å². The second kappa shape index (κ2) is 6.21. The molecule has 2 aromatic carbocycles. The summed E-state index contributed by atoms with van der Waals surface area (Å²) in [7, 11) is 0. The third-order valence-electron chi connectivity index (χ3n) is 4.77. The van der Waals surface area contributed by atoms with Crippen LogP contribution in [-0.2, 0) is 17.9 Å². The van der Waals surface area contributed by atoms with Crippen molar-refractivity contribution in [1.82, 2.24) is 4.90 Å². The van der Waals surface area contributed by atoms with Crippen LogP contribution in [0, 0.1) is 0 Å². The lowest BCUT2D eigenvalue weighted by atomic mass is 9.97. The van der Waals surface area contributed by atoms with Gasteiger partial charge in [0.05, 0.1) is 12.0 Å². The largest absolute Gasteiger partial charge is 0.481 e. The summed E-state index contributed by atoms with van der Waals surface area (Å²) in [6, 6.07) is 15.5. The average Bonchev–Trinajstić information content (AvgIpc) is 3.02. The molecular formula is C20H19NO3. The number of hydrogen-bond donors (Lipinski definition) is 0. The predicted octanol–water partition coefficient (Wildman–Crippen LogP) is 3.00. The molecule has 0 aliphatic carbocycles. The summed E-state index contributed by atoms with van der Waals surface area (Å²) in [5.74, 6) is 0.526. The van der Waals surface area contributed by atoms with E-state index in [1.165, 1.54) is 11.1 Å². The Labute approximate surface area is 141 Å². The molecule has 2 aliphatic rings. The van der Waals surface area contributed by atoms with Crippen LogP contribution in [-0.4, -0.2) is 29.1 Å². The van der Waals surface area contributed by atoms with Crippen molar-refractivity contribution in [2.75, 3.05) is 6.54 Å². The Hall–Kier alpha value is -2.46. The third kappa shape index (κ3) is 2.85. The normalized spacial score (nSPS) is 19.5. The molecule has 24 heavy (non-hydrogen) atoms. The fraction of sp³-hybridized carbons (Fsp3) is 0.300. The Bertz CT molecular complexity index is 774. The van der Waals surface area contributed by atoms with Crippen molar-refractivity contribution in [1.29, 1.82) is 0 Å². The number of carbonyl (C=O) groups excluding carboxylic acids is 2. The minimum Gasteiger partial charge on any atom is -0.481 e. The number of hydrogen-bond acceptors (Lipinski definition) is 4. The zero-order valence-corrected chi connectivity index (χ0v) is 13.4. The number of benzene rings is 2. The number of Topliss-reactive ketones (excluding diaryl/α,β-unsaturated/α-hetero) is 2. The number of nitrogens with zero attached hydrogens (tertiary/aromatic N) is 1. The average molecular weight is 321 g/mol. The molecule has 0 spiro atoms. The van der Waals surface area contributed by atoms with Crippen molar-refractivity contribution in [3.63, 3.8) is 0 Å². The molecule has 2 heterocycles. The topological polar surface area (TPSA) is 46.6 Å². The fourth-order valence-corrected chi connectivity index (χ4v) is 3.44. The van der Waals surface area contributed by atoms with Gasteiger partial charge in [0.15, 0.2) is 17.7 Å². The maximum atomic E-state index is 12.5. The molecule has 0 fully saturated rings. The zero-order chi connectivity index (χ0) is 16.5. The molecular weight excluding hydrogens is 302 g/mol. The molecule has 0 amide bonds. The third-order valence-corrected chi connectivity index (χ3v) is 4.77. The first-order chi connectivity index (χ1) is 11.7. The van der Waals surface area contributed by atoms with Crippen molar-refractivity contribution < 1.29 is 14.3 Å². The molecule has 2 aliphatic heterocycles. The molecule has 1 atom stereocenters. The van der Waals surface area contributed by atoms with Gasteiger partial charge in [0.1, 0.15) is 5.75 Å². The van der Waals surface area contributed by atoms with E-state index in [0.717, 1.165) is 13.1 Å². The highest BCUT2D eigenvalue weighted by atomic mass is 16.5. The highest BCUT2D eigenvalue weighted by Gasteiger charge is 2.31. The van der Waals surface area contributed by atoms with Crippen LogP contribution in [0.2, 0.25) is 0 Å². The van der Waals surface area contributed by atoms with Gasteiger partial charge >= 0.3 is 0 Å². The van der Waals surface area contributed by atoms with E-state index < -0.39 is 6.10 Å². The van der Waals surface area contributed by atoms with Gasteiger partial charge < -0.3 is 4.74 Å². The Balaban J connectivity index is 1.36. The molecule has 0 bridgehead atoms. The van der Waals surface area contributed by atoms with E-state index in [1.54, 1.807) is 12.1 Å². The van der Waals surface area contributed by atoms with E-state index >= 15 is 0 Å². The van der Waals surface area contributed by atoms with Crippen molar-refractivity contribution in [2.24, 2.45) is 0 Å². The number of ketones is 2. The van der Waals surface area contributed by atoms with Gasteiger partial charge in [-0.2, -0.15) is 0 Å². The lowest BCUT2D eigenvalue weighted by molar-refractivity contribution is -0.126. The maximum Gasteiger partial charge on any atom is 0.175 e. The van der Waals surface area contributed by atoms with Crippen LogP contribution in [0.25, 0.3) is 0 Å². The van der Waals surface area contributed by atoms with Crippen LogP contribution in [0.1, 0.15) is 34.3 Å². The minimum absolute atomic E-state index is 0.00816. The number of fused-ring (bicyclic) bond motifs is 2. The second-order valence-corrected chi connectivity index (χ2v) is 6.43. The van der Waals surface area contributed by atoms with Crippen LogP contribution < -0.4 is 4.74 Å². The zero-order valence-electron chi connectivity index (χ0n) is 13.4. The molecule has 0 N–H and O–H groups in total. The van der Waals surface area contributed by atoms with Gasteiger partial charge in [-0.05, 0) is 23.3 Å². The summed E-state index contributed by atoms with van der Waals surface area (Å²) in [5, 5.41) is 0. The Morgan fingerprint density at radius 3 is 2.46 bits per heavy atom. The van der Waals surface area contributed by atoms with E-state index in [2.05, 4.69) is 17.0 Å². The van der Waals surface area contributed by atoms with Crippen molar-refractivity contribution >= 4 is 11.6 Å². The summed E-state index contributed by atoms with van der Waals surface area (Å²) >= 11 is 0. The fourth-order valence-electron chi connectivity index (χ4n) is 3.44. The van der Waals surface area contributed by atoms with Crippen LogP contribution in [0.15, 0.2) is 48.5 Å². The Kier molecular flexibility index (Phi) is 3.90. The van der Waals surface area contributed by atoms with E-state index in [9.17, 15) is 9.59 Å². The Morgan fingerprint density at radius 2 is 1.71 bits per heavy atom. The van der Waals surface area contributed by atoms with Crippen LogP contribution in [0.3, 0.4) is 0 Å². The quantitative estimate of drug-likeness (QED) is 0.868. The van der Waals surface area contributed by atoms with Crippen molar-refractivity contribution in [3.05, 3.63) is 65.2 Å². The van der Waals surface area contributed by atoms with E-state index in [1.807, 2.05) is 24.3 Å². The summed E-state index contributed by atoms with van der Waals surface area (Å²) in [5.41, 5.74) is 3.25. The molecule has 0 radical (unpaired) electrons. The molecule has 0 saturated carbocycles. The van der Waals surface area contributed by atoms with Gasteiger partial charge in [-0.3, -0.25) is 14.5 Å². The molecule has 4 heteroatoms. The highest BCUT2D eigenvalue weighted by Crippen LogP contribution is 2.28. The molecule has 4 nitrogen and oxygen atoms in total. The van der Waals surface area contributed by atoms with Crippen molar-refractivity contribution in [2.45, 2.75) is 32.0 Å². The lowest BCUT2D eigenvalue weighted by Gasteiger charge is -2.24. The summed E-state index contributed by atoms with van der Waals surface area (Å²) < 4.78 is 5.75. The molecule has 0 saturated heterocycles. The summed E-state index contributed by atoms with van der Waals surface area (Å²) in [6.07, 6.45) is -0.0816. The summed E-state index contributed by atoms with van der Waals surface area (Å²) in [6.45, 7) is 2.47.